The van der Waals surface area contributed by atoms with Crippen LogP contribution in [-0.4, -0.2) is 15.9 Å². The van der Waals surface area contributed by atoms with Gasteiger partial charge in [0.1, 0.15) is 11.3 Å². The quantitative estimate of drug-likeness (QED) is 0.809. The number of aryl methyl sites for hydroxylation is 1. The van der Waals surface area contributed by atoms with Crippen LogP contribution in [0.1, 0.15) is 38.2 Å². The highest BCUT2D eigenvalue weighted by molar-refractivity contribution is 5.85. The Labute approximate surface area is 101 Å². The van der Waals surface area contributed by atoms with Crippen molar-refractivity contribution >= 4 is 10.9 Å². The first-order chi connectivity index (χ1) is 8.13. The van der Waals surface area contributed by atoms with Gasteiger partial charge in [-0.3, -0.25) is 4.68 Å². The molecule has 0 unspecified atom stereocenters. The van der Waals surface area contributed by atoms with E-state index in [0.717, 1.165) is 11.3 Å². The molecule has 0 bridgehead atoms. The summed E-state index contributed by atoms with van der Waals surface area (Å²) in [4.78, 5) is 0. The second kappa shape index (κ2) is 3.76. The highest BCUT2D eigenvalue weighted by atomic mass is 16.5. The zero-order valence-electron chi connectivity index (χ0n) is 10.6. The van der Waals surface area contributed by atoms with Crippen LogP contribution in [0, 0.1) is 0 Å². The normalized spacial score (nSPS) is 15.8. The van der Waals surface area contributed by atoms with Crippen molar-refractivity contribution in [2.45, 2.75) is 38.7 Å². The third-order valence-corrected chi connectivity index (χ3v) is 3.20. The molecule has 90 valence electrons. The van der Waals surface area contributed by atoms with Gasteiger partial charge in [0.2, 0.25) is 0 Å². The molecular formula is C14H18N2O. The summed E-state index contributed by atoms with van der Waals surface area (Å²) in [6, 6.07) is 4.37. The van der Waals surface area contributed by atoms with E-state index < -0.39 is 0 Å². The maximum absolute atomic E-state index is 5.97. The van der Waals surface area contributed by atoms with Crippen LogP contribution in [0.3, 0.4) is 0 Å². The monoisotopic (exact) mass is 230 g/mol. The van der Waals surface area contributed by atoms with Gasteiger partial charge in [0.15, 0.2) is 0 Å². The molecule has 0 N–H and O–H groups in total. The lowest BCUT2D eigenvalue weighted by molar-refractivity contribution is 0.306. The summed E-state index contributed by atoms with van der Waals surface area (Å²) in [7, 11) is 1.95. The second-order valence-corrected chi connectivity index (χ2v) is 5.23. The van der Waals surface area contributed by atoms with E-state index in [9.17, 15) is 0 Å². The number of ether oxygens (including phenoxy) is 1. The topological polar surface area (TPSA) is 27.1 Å². The Morgan fingerprint density at radius 2 is 2.12 bits per heavy atom. The molecule has 1 aliphatic rings. The van der Waals surface area contributed by atoms with E-state index in [-0.39, 0.29) is 0 Å². The van der Waals surface area contributed by atoms with Crippen molar-refractivity contribution in [2.24, 2.45) is 7.05 Å². The molecular weight excluding hydrogens is 212 g/mol. The van der Waals surface area contributed by atoms with Crippen LogP contribution in [0.15, 0.2) is 18.3 Å². The Morgan fingerprint density at radius 3 is 2.76 bits per heavy atom. The summed E-state index contributed by atoms with van der Waals surface area (Å²) in [6.07, 6.45) is 4.84. The number of benzene rings is 1. The van der Waals surface area contributed by atoms with Crippen molar-refractivity contribution < 1.29 is 4.74 Å². The molecule has 0 amide bonds. The zero-order chi connectivity index (χ0) is 12.0. The van der Waals surface area contributed by atoms with Crippen LogP contribution >= 0.6 is 0 Å². The number of fused-ring (bicyclic) bond motifs is 1. The molecule has 0 atom stereocenters. The van der Waals surface area contributed by atoms with Crippen molar-refractivity contribution in [1.29, 1.82) is 0 Å². The van der Waals surface area contributed by atoms with E-state index in [1.54, 1.807) is 0 Å². The molecule has 1 aromatic carbocycles. The van der Waals surface area contributed by atoms with E-state index in [2.05, 4.69) is 37.3 Å². The molecule has 3 rings (SSSR count). The first-order valence-corrected chi connectivity index (χ1v) is 6.27. The van der Waals surface area contributed by atoms with Crippen molar-refractivity contribution in [1.82, 2.24) is 9.78 Å². The fourth-order valence-corrected chi connectivity index (χ4v) is 2.03. The van der Waals surface area contributed by atoms with Gasteiger partial charge < -0.3 is 4.74 Å². The summed E-state index contributed by atoms with van der Waals surface area (Å²) >= 11 is 0. The first-order valence-electron chi connectivity index (χ1n) is 6.27. The maximum atomic E-state index is 5.97. The molecule has 3 nitrogen and oxygen atoms in total. The Bertz CT molecular complexity index is 553. The number of hydrogen-bond donors (Lipinski definition) is 0. The number of hydrogen-bond acceptors (Lipinski definition) is 2. The molecule has 1 fully saturated rings. The van der Waals surface area contributed by atoms with Crippen LogP contribution < -0.4 is 4.74 Å². The van der Waals surface area contributed by atoms with Gasteiger partial charge in [0, 0.05) is 18.6 Å². The zero-order valence-corrected chi connectivity index (χ0v) is 10.6. The van der Waals surface area contributed by atoms with Gasteiger partial charge in [-0.2, -0.15) is 5.10 Å². The minimum Gasteiger partial charge on any atom is -0.488 e. The molecule has 1 aromatic heterocycles. The Kier molecular flexibility index (Phi) is 2.35. The predicted molar refractivity (Wildman–Crippen MR) is 68.5 cm³/mol. The standard InChI is InChI=1S/C14H18N2O/c1-9(2)10-6-11-8-16(3)15-14(11)13(7-10)17-12-4-5-12/h6-9,12H,4-5H2,1-3H3. The Balaban J connectivity index is 2.13. The van der Waals surface area contributed by atoms with Crippen molar-refractivity contribution in [3.05, 3.63) is 23.9 Å². The number of rotatable bonds is 3. The predicted octanol–water partition coefficient (Wildman–Crippen LogP) is 3.24. The van der Waals surface area contributed by atoms with Gasteiger partial charge in [0.05, 0.1) is 6.10 Å². The van der Waals surface area contributed by atoms with Crippen LogP contribution in [0.5, 0.6) is 5.75 Å². The minimum absolute atomic E-state index is 0.419. The average molecular weight is 230 g/mol. The van der Waals surface area contributed by atoms with Crippen LogP contribution in [0.4, 0.5) is 0 Å². The van der Waals surface area contributed by atoms with Crippen molar-refractivity contribution in [3.63, 3.8) is 0 Å². The molecule has 17 heavy (non-hydrogen) atoms. The molecule has 0 radical (unpaired) electrons. The lowest BCUT2D eigenvalue weighted by Gasteiger charge is -2.10. The Morgan fingerprint density at radius 1 is 1.35 bits per heavy atom. The molecule has 0 aliphatic heterocycles. The largest absolute Gasteiger partial charge is 0.488 e. The highest BCUT2D eigenvalue weighted by Gasteiger charge is 2.25. The molecule has 2 aromatic rings. The van der Waals surface area contributed by atoms with Crippen LogP contribution in [0.25, 0.3) is 10.9 Å². The fourth-order valence-electron chi connectivity index (χ4n) is 2.03. The minimum atomic E-state index is 0.419. The van der Waals surface area contributed by atoms with E-state index in [0.29, 0.717) is 12.0 Å². The Hall–Kier alpha value is -1.51. The SMILES string of the molecule is CC(C)c1cc(OC2CC2)c2nn(C)cc2c1. The van der Waals surface area contributed by atoms with Crippen LogP contribution in [0.2, 0.25) is 0 Å². The molecule has 3 heteroatoms. The lowest BCUT2D eigenvalue weighted by atomic mass is 10.0. The summed E-state index contributed by atoms with van der Waals surface area (Å²) in [5.74, 6) is 1.47. The van der Waals surface area contributed by atoms with Gasteiger partial charge in [-0.25, -0.2) is 0 Å². The smallest absolute Gasteiger partial charge is 0.148 e. The molecule has 1 heterocycles. The van der Waals surface area contributed by atoms with Gasteiger partial charge >= 0.3 is 0 Å². The maximum Gasteiger partial charge on any atom is 0.148 e. The third-order valence-electron chi connectivity index (χ3n) is 3.20. The van der Waals surface area contributed by atoms with Crippen molar-refractivity contribution in [3.8, 4) is 5.75 Å². The third kappa shape index (κ3) is 2.02. The van der Waals surface area contributed by atoms with E-state index in [4.69, 9.17) is 4.74 Å². The van der Waals surface area contributed by atoms with Gasteiger partial charge in [-0.15, -0.1) is 0 Å². The molecule has 1 aliphatic carbocycles. The van der Waals surface area contributed by atoms with E-state index in [1.807, 2.05) is 11.7 Å². The van der Waals surface area contributed by atoms with Crippen LogP contribution in [-0.2, 0) is 7.05 Å². The molecule has 0 saturated heterocycles. The summed E-state index contributed by atoms with van der Waals surface area (Å²) in [6.45, 7) is 4.41. The van der Waals surface area contributed by atoms with Gasteiger partial charge in [-0.1, -0.05) is 13.8 Å². The first kappa shape index (κ1) is 10.6. The van der Waals surface area contributed by atoms with E-state index in [1.165, 1.54) is 23.8 Å². The second-order valence-electron chi connectivity index (χ2n) is 5.23. The average Bonchev–Trinajstić information content (AvgIpc) is 2.98. The highest BCUT2D eigenvalue weighted by Crippen LogP contribution is 2.34. The lowest BCUT2D eigenvalue weighted by Crippen LogP contribution is -1.98. The van der Waals surface area contributed by atoms with Gasteiger partial charge in [-0.05, 0) is 36.5 Å². The van der Waals surface area contributed by atoms with E-state index >= 15 is 0 Å². The summed E-state index contributed by atoms with van der Waals surface area (Å²) < 4.78 is 7.82. The van der Waals surface area contributed by atoms with Gasteiger partial charge in [0.25, 0.3) is 0 Å². The number of aromatic nitrogens is 2. The number of nitrogens with zero attached hydrogens (tertiary/aromatic N) is 2. The molecule has 1 saturated carbocycles. The molecule has 0 spiro atoms. The van der Waals surface area contributed by atoms with Crippen molar-refractivity contribution in [2.75, 3.05) is 0 Å². The summed E-state index contributed by atoms with van der Waals surface area (Å²) in [5.41, 5.74) is 2.31. The summed E-state index contributed by atoms with van der Waals surface area (Å²) in [5, 5.41) is 5.66. The fraction of sp³-hybridized carbons (Fsp3) is 0.500.